The minimum Gasteiger partial charge on any atom is -0.400 e. The molecule has 0 bridgehead atoms. The first-order chi connectivity index (χ1) is 13.7. The van der Waals surface area contributed by atoms with Gasteiger partial charge in [-0.1, -0.05) is 73.7 Å². The number of nitrogens with zero attached hydrogens (tertiary/aromatic N) is 1. The highest BCUT2D eigenvalue weighted by Gasteiger charge is 2.19. The molecule has 0 spiro atoms. The lowest BCUT2D eigenvalue weighted by Gasteiger charge is -2.15. The molecule has 1 unspecified atom stereocenters. The first kappa shape index (κ1) is 16.9. The molecular weight excluding hydrogens is 340 g/mol. The molecule has 1 aliphatic carbocycles. The molecule has 28 heavy (non-hydrogen) atoms. The molecule has 3 aromatic carbocycles. The number of hydrogen-bond donors (Lipinski definition) is 1. The summed E-state index contributed by atoms with van der Waals surface area (Å²) >= 11 is 0. The molecule has 2 nitrogen and oxygen atoms in total. The Labute approximate surface area is 165 Å². The lowest BCUT2D eigenvalue weighted by atomic mass is 9.95. The van der Waals surface area contributed by atoms with Gasteiger partial charge >= 0.3 is 0 Å². The van der Waals surface area contributed by atoms with Crippen molar-refractivity contribution in [2.45, 2.75) is 19.8 Å². The van der Waals surface area contributed by atoms with E-state index in [2.05, 4.69) is 96.4 Å². The zero-order chi connectivity index (χ0) is 19.1. The van der Waals surface area contributed by atoms with E-state index >= 15 is 0 Å². The van der Waals surface area contributed by atoms with Crippen LogP contribution in [0.25, 0.3) is 28.4 Å². The van der Waals surface area contributed by atoms with Crippen LogP contribution in [0.3, 0.4) is 0 Å². The van der Waals surface area contributed by atoms with Crippen LogP contribution in [0.5, 0.6) is 0 Å². The molecule has 1 aliphatic rings. The third kappa shape index (κ3) is 2.65. The van der Waals surface area contributed by atoms with Gasteiger partial charge in [0.1, 0.15) is 0 Å². The summed E-state index contributed by atoms with van der Waals surface area (Å²) in [5.41, 5.74) is 12.7. The molecule has 0 saturated heterocycles. The van der Waals surface area contributed by atoms with Crippen LogP contribution in [-0.2, 0) is 6.42 Å². The second kappa shape index (κ2) is 6.72. The molecule has 2 N–H and O–H groups in total. The molecule has 0 saturated carbocycles. The SMILES string of the molecule is CC1CC=c2c(n(-c3ccccc3)c3cccc(Cc4ccccc4)c23)=C1N. The average Bonchev–Trinajstić information content (AvgIpc) is 3.08. The van der Waals surface area contributed by atoms with Gasteiger partial charge in [0.25, 0.3) is 0 Å². The van der Waals surface area contributed by atoms with Crippen LogP contribution in [0.4, 0.5) is 0 Å². The van der Waals surface area contributed by atoms with E-state index in [1.165, 1.54) is 32.6 Å². The lowest BCUT2D eigenvalue weighted by Crippen LogP contribution is -2.38. The van der Waals surface area contributed by atoms with E-state index in [9.17, 15) is 0 Å². The highest BCUT2D eigenvalue weighted by atomic mass is 15.0. The van der Waals surface area contributed by atoms with E-state index in [1.54, 1.807) is 0 Å². The summed E-state index contributed by atoms with van der Waals surface area (Å²) in [6.07, 6.45) is 4.30. The zero-order valence-corrected chi connectivity index (χ0v) is 16.1. The fourth-order valence-corrected chi connectivity index (χ4v) is 4.39. The zero-order valence-electron chi connectivity index (χ0n) is 16.1. The molecule has 4 aromatic rings. The molecule has 0 radical (unpaired) electrons. The van der Waals surface area contributed by atoms with Crippen molar-refractivity contribution in [2.24, 2.45) is 11.7 Å². The van der Waals surface area contributed by atoms with Crippen LogP contribution in [-0.4, -0.2) is 4.57 Å². The van der Waals surface area contributed by atoms with Gasteiger partial charge in [-0.2, -0.15) is 0 Å². The normalized spacial score (nSPS) is 16.0. The summed E-state index contributed by atoms with van der Waals surface area (Å²) in [7, 11) is 0. The number of nitrogens with two attached hydrogens (primary N) is 1. The standard InChI is InChI=1S/C26H24N2/c1-18-15-16-22-24-20(17-19-9-4-2-5-10-19)11-8-14-23(24)28(26(22)25(18)27)21-12-6-3-7-13-21/h2-14,16,18H,15,17,27H2,1H3. The molecule has 0 amide bonds. The number of aromatic nitrogens is 1. The Balaban J connectivity index is 1.88. The Morgan fingerprint density at radius 2 is 1.61 bits per heavy atom. The molecular formula is C26H24N2. The summed E-state index contributed by atoms with van der Waals surface area (Å²) < 4.78 is 2.35. The molecule has 138 valence electrons. The maximum atomic E-state index is 6.67. The molecule has 2 heteroatoms. The van der Waals surface area contributed by atoms with Crippen molar-refractivity contribution in [3.8, 4) is 5.69 Å². The Morgan fingerprint density at radius 1 is 0.893 bits per heavy atom. The minimum atomic E-state index is 0.358. The highest BCUT2D eigenvalue weighted by Crippen LogP contribution is 2.23. The second-order valence-corrected chi connectivity index (χ2v) is 7.70. The summed E-state index contributed by atoms with van der Waals surface area (Å²) in [6, 6.07) is 27.9. The Hall–Kier alpha value is -3.26. The van der Waals surface area contributed by atoms with Crippen molar-refractivity contribution in [2.75, 3.05) is 0 Å². The molecule has 5 rings (SSSR count). The van der Waals surface area contributed by atoms with Crippen molar-refractivity contribution in [3.63, 3.8) is 0 Å². The third-order valence-corrected chi connectivity index (χ3v) is 5.85. The quantitative estimate of drug-likeness (QED) is 0.583. The fraction of sp³-hybridized carbons (Fsp3) is 0.154. The maximum absolute atomic E-state index is 6.67. The van der Waals surface area contributed by atoms with Crippen molar-refractivity contribution in [3.05, 3.63) is 101 Å². The topological polar surface area (TPSA) is 30.9 Å². The van der Waals surface area contributed by atoms with Crippen molar-refractivity contribution >= 4 is 22.7 Å². The van der Waals surface area contributed by atoms with Gasteiger partial charge in [-0.05, 0) is 42.2 Å². The summed E-state index contributed by atoms with van der Waals surface area (Å²) in [4.78, 5) is 0. The van der Waals surface area contributed by atoms with Gasteiger partial charge in [0.2, 0.25) is 0 Å². The Kier molecular flexibility index (Phi) is 4.05. The van der Waals surface area contributed by atoms with Crippen molar-refractivity contribution < 1.29 is 0 Å². The minimum absolute atomic E-state index is 0.358. The van der Waals surface area contributed by atoms with E-state index < -0.39 is 0 Å². The molecule has 0 aliphatic heterocycles. The van der Waals surface area contributed by atoms with E-state index in [0.29, 0.717) is 5.92 Å². The van der Waals surface area contributed by atoms with Gasteiger partial charge in [0.15, 0.2) is 0 Å². The Morgan fingerprint density at radius 3 is 2.36 bits per heavy atom. The fourth-order valence-electron chi connectivity index (χ4n) is 4.39. The van der Waals surface area contributed by atoms with Crippen LogP contribution in [0.1, 0.15) is 24.5 Å². The molecule has 1 aromatic heterocycles. The van der Waals surface area contributed by atoms with Crippen LogP contribution in [0.2, 0.25) is 0 Å². The monoisotopic (exact) mass is 364 g/mol. The van der Waals surface area contributed by atoms with E-state index in [1.807, 2.05) is 0 Å². The Bertz CT molecular complexity index is 1270. The third-order valence-electron chi connectivity index (χ3n) is 5.85. The summed E-state index contributed by atoms with van der Waals surface area (Å²) in [5.74, 6) is 0.358. The van der Waals surface area contributed by atoms with Gasteiger partial charge in [0.05, 0.1) is 10.9 Å². The molecule has 0 fully saturated rings. The first-order valence-corrected chi connectivity index (χ1v) is 9.95. The summed E-state index contributed by atoms with van der Waals surface area (Å²) in [5, 5.41) is 3.79. The highest BCUT2D eigenvalue weighted by molar-refractivity contribution is 5.88. The maximum Gasteiger partial charge on any atom is 0.0728 e. The molecule has 1 heterocycles. The predicted molar refractivity (Wildman–Crippen MR) is 118 cm³/mol. The van der Waals surface area contributed by atoms with E-state index in [-0.39, 0.29) is 0 Å². The number of benzene rings is 3. The van der Waals surface area contributed by atoms with Gasteiger partial charge in [-0.15, -0.1) is 0 Å². The summed E-state index contributed by atoms with van der Waals surface area (Å²) in [6.45, 7) is 2.21. The van der Waals surface area contributed by atoms with Crippen molar-refractivity contribution in [1.82, 2.24) is 4.57 Å². The smallest absolute Gasteiger partial charge is 0.0728 e. The van der Waals surface area contributed by atoms with Crippen LogP contribution in [0, 0.1) is 5.92 Å². The van der Waals surface area contributed by atoms with E-state index in [0.717, 1.165) is 24.2 Å². The van der Waals surface area contributed by atoms with Crippen molar-refractivity contribution in [1.29, 1.82) is 0 Å². The van der Waals surface area contributed by atoms with Gasteiger partial charge in [-0.25, -0.2) is 0 Å². The van der Waals surface area contributed by atoms with Gasteiger partial charge < -0.3 is 10.3 Å². The van der Waals surface area contributed by atoms with Crippen LogP contribution in [0.15, 0.2) is 78.9 Å². The largest absolute Gasteiger partial charge is 0.400 e. The van der Waals surface area contributed by atoms with Crippen LogP contribution < -0.4 is 16.3 Å². The predicted octanol–water partition coefficient (Wildman–Crippen LogP) is 4.11. The van der Waals surface area contributed by atoms with E-state index in [4.69, 9.17) is 5.73 Å². The van der Waals surface area contributed by atoms with Crippen LogP contribution >= 0.6 is 0 Å². The lowest BCUT2D eigenvalue weighted by molar-refractivity contribution is 0.751. The van der Waals surface area contributed by atoms with Gasteiger partial charge in [-0.3, -0.25) is 0 Å². The molecule has 1 atom stereocenters. The number of para-hydroxylation sites is 1. The second-order valence-electron chi connectivity index (χ2n) is 7.70. The number of fused-ring (bicyclic) bond motifs is 3. The van der Waals surface area contributed by atoms with Gasteiger partial charge in [0, 0.05) is 27.9 Å². The number of rotatable bonds is 3. The number of hydrogen-bond acceptors (Lipinski definition) is 1. The first-order valence-electron chi connectivity index (χ1n) is 9.95. The average molecular weight is 364 g/mol.